The predicted octanol–water partition coefficient (Wildman–Crippen LogP) is 2.13. The van der Waals surface area contributed by atoms with Gasteiger partial charge in [-0.15, -0.1) is 0 Å². The number of imidazole rings is 1. The minimum Gasteiger partial charge on any atom is -0.497 e. The number of methoxy groups -OCH3 is 1. The fraction of sp³-hybridized carbons (Fsp3) is 0.357. The van der Waals surface area contributed by atoms with E-state index >= 15 is 0 Å². The highest BCUT2D eigenvalue weighted by Gasteiger charge is 2.18. The molecule has 0 spiro atoms. The average molecular weight is 245 g/mol. The Hall–Kier alpha value is -1.81. The molecule has 0 saturated carbocycles. The fourth-order valence-corrected chi connectivity index (χ4v) is 1.91. The zero-order chi connectivity index (χ0) is 13.2. The quantitative estimate of drug-likeness (QED) is 0.897. The lowest BCUT2D eigenvalue weighted by molar-refractivity contribution is 0.414. The summed E-state index contributed by atoms with van der Waals surface area (Å²) in [5, 5.41) is 0. The van der Waals surface area contributed by atoms with E-state index in [0.29, 0.717) is 0 Å². The number of hydrogen-bond acceptors (Lipinski definition) is 3. The fourth-order valence-electron chi connectivity index (χ4n) is 1.91. The Labute approximate surface area is 107 Å². The van der Waals surface area contributed by atoms with E-state index in [1.165, 1.54) is 5.56 Å². The van der Waals surface area contributed by atoms with Crippen molar-refractivity contribution in [2.24, 2.45) is 5.73 Å². The van der Waals surface area contributed by atoms with Crippen LogP contribution in [0, 0.1) is 0 Å². The Morgan fingerprint density at radius 3 is 2.50 bits per heavy atom. The van der Waals surface area contributed by atoms with Gasteiger partial charge in [-0.25, -0.2) is 4.98 Å². The number of rotatable bonds is 4. The van der Waals surface area contributed by atoms with Crippen molar-refractivity contribution in [2.75, 3.05) is 7.11 Å². The number of hydrogen-bond donors (Lipinski definition) is 1. The molecule has 1 heterocycles. The van der Waals surface area contributed by atoms with Crippen molar-refractivity contribution in [3.05, 3.63) is 48.0 Å². The molecule has 0 amide bonds. The molecular formula is C14H19N3O. The van der Waals surface area contributed by atoms with Crippen molar-refractivity contribution in [1.29, 1.82) is 0 Å². The predicted molar refractivity (Wildman–Crippen MR) is 71.5 cm³/mol. The highest BCUT2D eigenvalue weighted by Crippen LogP contribution is 2.18. The van der Waals surface area contributed by atoms with Crippen LogP contribution in [0.4, 0.5) is 0 Å². The molecule has 0 saturated heterocycles. The van der Waals surface area contributed by atoms with Crippen LogP contribution in [0.3, 0.4) is 0 Å². The maximum Gasteiger partial charge on any atom is 0.118 e. The minimum atomic E-state index is -0.386. The first kappa shape index (κ1) is 12.6. The van der Waals surface area contributed by atoms with Crippen molar-refractivity contribution in [3.8, 4) is 5.75 Å². The standard InChI is InChI=1S/C14H19N3O/c1-14(2,15)13-8-16-10-17(13)9-11-4-6-12(18-3)7-5-11/h4-8,10H,9,15H2,1-3H3. The van der Waals surface area contributed by atoms with Gasteiger partial charge in [0.1, 0.15) is 5.75 Å². The maximum atomic E-state index is 6.12. The van der Waals surface area contributed by atoms with E-state index in [-0.39, 0.29) is 5.54 Å². The van der Waals surface area contributed by atoms with Crippen molar-refractivity contribution in [1.82, 2.24) is 9.55 Å². The number of aromatic nitrogens is 2. The summed E-state index contributed by atoms with van der Waals surface area (Å²) in [5.41, 5.74) is 7.95. The van der Waals surface area contributed by atoms with Crippen LogP contribution in [0.2, 0.25) is 0 Å². The summed E-state index contributed by atoms with van der Waals surface area (Å²) >= 11 is 0. The second-order valence-corrected chi connectivity index (χ2v) is 4.98. The zero-order valence-corrected chi connectivity index (χ0v) is 11.1. The van der Waals surface area contributed by atoms with E-state index in [2.05, 4.69) is 9.55 Å². The molecule has 2 aromatic rings. The maximum absolute atomic E-state index is 6.12. The third-order valence-corrected chi connectivity index (χ3v) is 2.88. The van der Waals surface area contributed by atoms with Gasteiger partial charge in [-0.3, -0.25) is 0 Å². The second-order valence-electron chi connectivity index (χ2n) is 4.98. The Bertz CT molecular complexity index is 509. The molecule has 1 aromatic carbocycles. The van der Waals surface area contributed by atoms with Gasteiger partial charge in [-0.2, -0.15) is 0 Å². The molecular weight excluding hydrogens is 226 g/mol. The second kappa shape index (κ2) is 4.82. The number of ether oxygens (including phenoxy) is 1. The van der Waals surface area contributed by atoms with Crippen LogP contribution in [0.15, 0.2) is 36.8 Å². The van der Waals surface area contributed by atoms with Gasteiger partial charge in [0, 0.05) is 12.7 Å². The molecule has 4 nitrogen and oxygen atoms in total. The lowest BCUT2D eigenvalue weighted by Crippen LogP contribution is -2.31. The summed E-state index contributed by atoms with van der Waals surface area (Å²) in [6, 6.07) is 8.01. The third kappa shape index (κ3) is 2.71. The molecule has 0 aliphatic carbocycles. The minimum absolute atomic E-state index is 0.386. The van der Waals surface area contributed by atoms with Gasteiger partial charge in [-0.05, 0) is 31.5 Å². The summed E-state index contributed by atoms with van der Waals surface area (Å²) in [6.45, 7) is 4.73. The highest BCUT2D eigenvalue weighted by molar-refractivity contribution is 5.27. The number of nitrogens with two attached hydrogens (primary N) is 1. The van der Waals surface area contributed by atoms with E-state index in [1.807, 2.05) is 50.6 Å². The van der Waals surface area contributed by atoms with Crippen molar-refractivity contribution >= 4 is 0 Å². The third-order valence-electron chi connectivity index (χ3n) is 2.88. The molecule has 96 valence electrons. The highest BCUT2D eigenvalue weighted by atomic mass is 16.5. The van der Waals surface area contributed by atoms with Gasteiger partial charge in [0.15, 0.2) is 0 Å². The average Bonchev–Trinajstić information content (AvgIpc) is 2.78. The summed E-state index contributed by atoms with van der Waals surface area (Å²) in [4.78, 5) is 4.18. The van der Waals surface area contributed by atoms with E-state index in [4.69, 9.17) is 10.5 Å². The summed E-state index contributed by atoms with van der Waals surface area (Å²) in [5.74, 6) is 0.865. The van der Waals surface area contributed by atoms with Crippen LogP contribution >= 0.6 is 0 Å². The van der Waals surface area contributed by atoms with Crippen LogP contribution in [-0.4, -0.2) is 16.7 Å². The topological polar surface area (TPSA) is 53.1 Å². The first-order chi connectivity index (χ1) is 8.50. The van der Waals surface area contributed by atoms with Gasteiger partial charge < -0.3 is 15.0 Å². The molecule has 0 radical (unpaired) electrons. The monoisotopic (exact) mass is 245 g/mol. The molecule has 0 atom stereocenters. The van der Waals surface area contributed by atoms with Crippen molar-refractivity contribution in [3.63, 3.8) is 0 Å². The summed E-state index contributed by atoms with van der Waals surface area (Å²) < 4.78 is 7.21. The smallest absolute Gasteiger partial charge is 0.118 e. The van der Waals surface area contributed by atoms with Gasteiger partial charge in [0.2, 0.25) is 0 Å². The normalized spacial score (nSPS) is 11.6. The first-order valence-corrected chi connectivity index (χ1v) is 5.93. The molecule has 0 aliphatic heterocycles. The van der Waals surface area contributed by atoms with Gasteiger partial charge in [0.05, 0.1) is 24.7 Å². The van der Waals surface area contributed by atoms with Crippen molar-refractivity contribution < 1.29 is 4.74 Å². The summed E-state index contributed by atoms with van der Waals surface area (Å²) in [7, 11) is 1.67. The van der Waals surface area contributed by atoms with Crippen LogP contribution in [-0.2, 0) is 12.1 Å². The molecule has 2 N–H and O–H groups in total. The van der Waals surface area contributed by atoms with Gasteiger partial charge in [0.25, 0.3) is 0 Å². The molecule has 2 rings (SSSR count). The summed E-state index contributed by atoms with van der Waals surface area (Å²) in [6.07, 6.45) is 3.64. The lowest BCUT2D eigenvalue weighted by Gasteiger charge is -2.20. The van der Waals surface area contributed by atoms with Crippen molar-refractivity contribution in [2.45, 2.75) is 25.9 Å². The van der Waals surface area contributed by atoms with E-state index in [0.717, 1.165) is 18.0 Å². The SMILES string of the molecule is COc1ccc(Cn2cncc2C(C)(C)N)cc1. The number of benzene rings is 1. The van der Waals surface area contributed by atoms with Crippen LogP contribution in [0.25, 0.3) is 0 Å². The van der Waals surface area contributed by atoms with Gasteiger partial charge >= 0.3 is 0 Å². The molecule has 18 heavy (non-hydrogen) atoms. The Balaban J connectivity index is 2.21. The lowest BCUT2D eigenvalue weighted by atomic mass is 10.0. The molecule has 0 unspecified atom stereocenters. The van der Waals surface area contributed by atoms with E-state index in [9.17, 15) is 0 Å². The van der Waals surface area contributed by atoms with E-state index in [1.54, 1.807) is 7.11 Å². The Morgan fingerprint density at radius 1 is 1.28 bits per heavy atom. The molecule has 0 bridgehead atoms. The number of nitrogens with zero attached hydrogens (tertiary/aromatic N) is 2. The zero-order valence-electron chi connectivity index (χ0n) is 11.1. The van der Waals surface area contributed by atoms with Crippen LogP contribution in [0.1, 0.15) is 25.1 Å². The largest absolute Gasteiger partial charge is 0.497 e. The van der Waals surface area contributed by atoms with Gasteiger partial charge in [-0.1, -0.05) is 12.1 Å². The van der Waals surface area contributed by atoms with Crippen LogP contribution in [0.5, 0.6) is 5.75 Å². The molecule has 4 heteroatoms. The Kier molecular flexibility index (Phi) is 3.39. The molecule has 0 fully saturated rings. The Morgan fingerprint density at radius 2 is 1.94 bits per heavy atom. The molecule has 0 aliphatic rings. The first-order valence-electron chi connectivity index (χ1n) is 5.93. The van der Waals surface area contributed by atoms with E-state index < -0.39 is 0 Å². The molecule has 1 aromatic heterocycles. The van der Waals surface area contributed by atoms with Crippen LogP contribution < -0.4 is 10.5 Å².